The van der Waals surface area contributed by atoms with Crippen molar-refractivity contribution in [1.29, 1.82) is 0 Å². The van der Waals surface area contributed by atoms with E-state index in [0.29, 0.717) is 10.6 Å². The van der Waals surface area contributed by atoms with Gasteiger partial charge in [0, 0.05) is 15.5 Å². The summed E-state index contributed by atoms with van der Waals surface area (Å²) in [5, 5.41) is 8.59. The molecule has 0 unspecified atom stereocenters. The minimum absolute atomic E-state index is 0.170. The van der Waals surface area contributed by atoms with E-state index in [4.69, 9.17) is 5.11 Å². The van der Waals surface area contributed by atoms with E-state index in [1.54, 1.807) is 0 Å². The highest BCUT2D eigenvalue weighted by Gasteiger charge is 2.06. The minimum Gasteiger partial charge on any atom is -0.384 e. The maximum atomic E-state index is 13.4. The molecule has 0 aliphatic carbocycles. The van der Waals surface area contributed by atoms with Gasteiger partial charge in [-0.2, -0.15) is 0 Å². The van der Waals surface area contributed by atoms with Crippen LogP contribution >= 0.6 is 23.1 Å². The van der Waals surface area contributed by atoms with Gasteiger partial charge >= 0.3 is 0 Å². The van der Waals surface area contributed by atoms with Gasteiger partial charge in [0.05, 0.1) is 4.88 Å². The Kier molecular flexibility index (Phi) is 4.97. The lowest BCUT2D eigenvalue weighted by molar-refractivity contribution is 0.350. The van der Waals surface area contributed by atoms with Crippen LogP contribution in [0.15, 0.2) is 35.2 Å². The van der Waals surface area contributed by atoms with Crippen molar-refractivity contribution in [3.8, 4) is 11.8 Å². The molecule has 0 bridgehead atoms. The van der Waals surface area contributed by atoms with Gasteiger partial charge in [-0.1, -0.05) is 11.8 Å². The highest BCUT2D eigenvalue weighted by atomic mass is 32.2. The van der Waals surface area contributed by atoms with Crippen LogP contribution in [0.2, 0.25) is 0 Å². The number of hydrogen-bond donors (Lipinski definition) is 1. The molecule has 2 rings (SSSR count). The van der Waals surface area contributed by atoms with Crippen LogP contribution in [0.5, 0.6) is 0 Å². The Labute approximate surface area is 118 Å². The summed E-state index contributed by atoms with van der Waals surface area (Å²) in [4.78, 5) is 2.18. The topological polar surface area (TPSA) is 20.2 Å². The number of thiophene rings is 1. The summed E-state index contributed by atoms with van der Waals surface area (Å²) >= 11 is 2.73. The van der Waals surface area contributed by atoms with E-state index in [0.717, 1.165) is 21.9 Å². The summed E-state index contributed by atoms with van der Waals surface area (Å²) < 4.78 is 26.4. The van der Waals surface area contributed by atoms with Crippen LogP contribution in [0, 0.1) is 23.5 Å². The van der Waals surface area contributed by atoms with Gasteiger partial charge in [0.15, 0.2) is 0 Å². The monoisotopic (exact) mass is 296 g/mol. The van der Waals surface area contributed by atoms with Crippen molar-refractivity contribution in [3.05, 3.63) is 51.7 Å². The molecule has 0 aliphatic rings. The minimum atomic E-state index is -0.440. The fourth-order valence-corrected chi connectivity index (χ4v) is 3.27. The first kappa shape index (κ1) is 14.1. The van der Waals surface area contributed by atoms with Crippen molar-refractivity contribution in [3.63, 3.8) is 0 Å². The Morgan fingerprint density at radius 2 is 2.05 bits per heavy atom. The molecule has 1 heterocycles. The Morgan fingerprint density at radius 3 is 2.84 bits per heavy atom. The molecule has 0 aliphatic heterocycles. The molecule has 0 saturated carbocycles. The molecule has 1 aromatic heterocycles. The first-order valence-corrected chi connectivity index (χ1v) is 7.25. The Morgan fingerprint density at radius 1 is 1.21 bits per heavy atom. The average Bonchev–Trinajstić information content (AvgIpc) is 2.85. The van der Waals surface area contributed by atoms with E-state index in [2.05, 4.69) is 11.8 Å². The Hall–Kier alpha value is -1.35. The quantitative estimate of drug-likeness (QED) is 0.689. The highest BCUT2D eigenvalue weighted by Crippen LogP contribution is 2.28. The van der Waals surface area contributed by atoms with Gasteiger partial charge in [0.25, 0.3) is 0 Å². The second-order valence-corrected chi connectivity index (χ2v) is 5.77. The molecule has 0 atom stereocenters. The third kappa shape index (κ3) is 4.06. The zero-order valence-electron chi connectivity index (χ0n) is 9.82. The molecule has 0 spiro atoms. The summed E-state index contributed by atoms with van der Waals surface area (Å²) in [6, 6.07) is 7.18. The predicted molar refractivity (Wildman–Crippen MR) is 74.2 cm³/mol. The molecule has 98 valence electrons. The fraction of sp³-hybridized carbons (Fsp3) is 0.143. The third-order valence-corrected chi connectivity index (χ3v) is 4.48. The van der Waals surface area contributed by atoms with Gasteiger partial charge in [-0.3, -0.25) is 0 Å². The molecule has 0 radical (unpaired) electrons. The van der Waals surface area contributed by atoms with Crippen molar-refractivity contribution < 1.29 is 13.9 Å². The first-order valence-electron chi connectivity index (χ1n) is 5.45. The molecule has 0 fully saturated rings. The van der Waals surface area contributed by atoms with E-state index in [1.165, 1.54) is 29.2 Å². The average molecular weight is 296 g/mol. The van der Waals surface area contributed by atoms with E-state index in [9.17, 15) is 8.78 Å². The second kappa shape index (κ2) is 6.71. The second-order valence-electron chi connectivity index (χ2n) is 3.59. The molecular weight excluding hydrogens is 286 g/mol. The first-order chi connectivity index (χ1) is 9.19. The van der Waals surface area contributed by atoms with Crippen LogP contribution in [0.1, 0.15) is 9.75 Å². The van der Waals surface area contributed by atoms with Crippen molar-refractivity contribution in [1.82, 2.24) is 0 Å². The van der Waals surface area contributed by atoms with Crippen LogP contribution in [-0.2, 0) is 5.75 Å². The van der Waals surface area contributed by atoms with Gasteiger partial charge in [0.1, 0.15) is 18.2 Å². The number of rotatable bonds is 3. The summed E-state index contributed by atoms with van der Waals surface area (Å²) in [5.74, 6) is 5.08. The van der Waals surface area contributed by atoms with Gasteiger partial charge in [0.2, 0.25) is 0 Å². The maximum Gasteiger partial charge on any atom is 0.136 e. The molecule has 5 heteroatoms. The molecular formula is C14H10F2OS2. The predicted octanol–water partition coefficient (Wildman–Crippen LogP) is 3.66. The zero-order chi connectivity index (χ0) is 13.7. The van der Waals surface area contributed by atoms with E-state index >= 15 is 0 Å². The summed E-state index contributed by atoms with van der Waals surface area (Å²) in [7, 11) is 0. The molecule has 2 aromatic rings. The van der Waals surface area contributed by atoms with Gasteiger partial charge in [-0.05, 0) is 30.3 Å². The van der Waals surface area contributed by atoms with Crippen LogP contribution < -0.4 is 0 Å². The number of benzene rings is 1. The van der Waals surface area contributed by atoms with Crippen LogP contribution in [-0.4, -0.2) is 11.7 Å². The fourth-order valence-electron chi connectivity index (χ4n) is 1.39. The van der Waals surface area contributed by atoms with Gasteiger partial charge in [-0.25, -0.2) is 8.78 Å². The lowest BCUT2D eigenvalue weighted by Gasteiger charge is -2.01. The summed E-state index contributed by atoms with van der Waals surface area (Å²) in [6.07, 6.45) is 0. The molecule has 1 nitrogen and oxygen atoms in total. The van der Waals surface area contributed by atoms with E-state index in [1.807, 2.05) is 12.1 Å². The largest absolute Gasteiger partial charge is 0.384 e. The third-order valence-electron chi connectivity index (χ3n) is 2.22. The zero-order valence-corrected chi connectivity index (χ0v) is 11.5. The molecule has 1 N–H and O–H groups in total. The number of aliphatic hydroxyl groups excluding tert-OH is 1. The Bertz CT molecular complexity index is 626. The normalized spacial score (nSPS) is 10.1. The van der Waals surface area contributed by atoms with Crippen molar-refractivity contribution in [2.45, 2.75) is 10.6 Å². The van der Waals surface area contributed by atoms with Crippen molar-refractivity contribution >= 4 is 23.1 Å². The Balaban J connectivity index is 2.02. The van der Waals surface area contributed by atoms with Crippen molar-refractivity contribution in [2.75, 3.05) is 6.61 Å². The molecule has 19 heavy (non-hydrogen) atoms. The number of hydrogen-bond acceptors (Lipinski definition) is 3. The van der Waals surface area contributed by atoms with Gasteiger partial charge < -0.3 is 5.11 Å². The van der Waals surface area contributed by atoms with Gasteiger partial charge in [-0.15, -0.1) is 23.1 Å². The SMILES string of the molecule is OCC#Cc1ccc(CSc2cc(F)ccc2F)s1. The summed E-state index contributed by atoms with van der Waals surface area (Å²) in [6.45, 7) is -0.170. The highest BCUT2D eigenvalue weighted by molar-refractivity contribution is 7.98. The van der Waals surface area contributed by atoms with E-state index in [-0.39, 0.29) is 6.61 Å². The lowest BCUT2D eigenvalue weighted by Crippen LogP contribution is -1.84. The summed E-state index contributed by atoms with van der Waals surface area (Å²) in [5.41, 5.74) is 0. The standard InChI is InChI=1S/C14H10F2OS2/c15-10-3-6-13(16)14(8-10)18-9-12-5-4-11(19-12)2-1-7-17/h3-6,8,17H,7,9H2. The smallest absolute Gasteiger partial charge is 0.136 e. The van der Waals surface area contributed by atoms with E-state index < -0.39 is 11.6 Å². The number of halogens is 2. The van der Waals surface area contributed by atoms with Crippen LogP contribution in [0.25, 0.3) is 0 Å². The van der Waals surface area contributed by atoms with Crippen molar-refractivity contribution in [2.24, 2.45) is 0 Å². The van der Waals surface area contributed by atoms with Crippen LogP contribution in [0.4, 0.5) is 8.78 Å². The number of aliphatic hydroxyl groups is 1. The molecule has 0 amide bonds. The molecule has 0 saturated heterocycles. The lowest BCUT2D eigenvalue weighted by atomic mass is 10.3. The number of thioether (sulfide) groups is 1. The maximum absolute atomic E-state index is 13.4. The molecule has 1 aromatic carbocycles. The van der Waals surface area contributed by atoms with Crippen LogP contribution in [0.3, 0.4) is 0 Å².